The van der Waals surface area contributed by atoms with E-state index in [0.717, 1.165) is 31.4 Å². The van der Waals surface area contributed by atoms with Gasteiger partial charge >= 0.3 is 6.61 Å². The molecule has 1 fully saturated rings. The minimum absolute atomic E-state index is 0.0488. The third kappa shape index (κ3) is 3.93. The van der Waals surface area contributed by atoms with E-state index in [2.05, 4.69) is 10.1 Å². The summed E-state index contributed by atoms with van der Waals surface area (Å²) in [4.78, 5) is 0. The lowest BCUT2D eigenvalue weighted by Gasteiger charge is -2.23. The van der Waals surface area contributed by atoms with Crippen molar-refractivity contribution in [2.24, 2.45) is 0 Å². The van der Waals surface area contributed by atoms with Crippen molar-refractivity contribution in [2.75, 3.05) is 24.2 Å². The van der Waals surface area contributed by atoms with Crippen LogP contribution in [-0.4, -0.2) is 25.9 Å². The molecule has 4 nitrogen and oxygen atoms in total. The molecule has 0 bridgehead atoms. The highest BCUT2D eigenvalue weighted by molar-refractivity contribution is 5.68. The van der Waals surface area contributed by atoms with Crippen molar-refractivity contribution in [2.45, 2.75) is 32.0 Å². The van der Waals surface area contributed by atoms with Crippen LogP contribution in [0.3, 0.4) is 0 Å². The van der Waals surface area contributed by atoms with Crippen molar-refractivity contribution < 1.29 is 22.6 Å². The molecule has 7 heteroatoms. The summed E-state index contributed by atoms with van der Waals surface area (Å²) in [6.07, 6.45) is 3.11. The van der Waals surface area contributed by atoms with Gasteiger partial charge in [0.05, 0.1) is 17.5 Å². The minimum Gasteiger partial charge on any atom is -0.432 e. The molecule has 0 spiro atoms. The first-order valence-electron chi connectivity index (χ1n) is 6.45. The molecule has 20 heavy (non-hydrogen) atoms. The van der Waals surface area contributed by atoms with Crippen LogP contribution in [0.4, 0.5) is 24.5 Å². The average molecular weight is 290 g/mol. The summed E-state index contributed by atoms with van der Waals surface area (Å²) < 4.78 is 47.3. The van der Waals surface area contributed by atoms with Crippen LogP contribution < -0.4 is 15.8 Å². The van der Waals surface area contributed by atoms with Crippen LogP contribution in [0, 0.1) is 5.82 Å². The van der Waals surface area contributed by atoms with Gasteiger partial charge in [0.15, 0.2) is 11.6 Å². The molecular weight excluding hydrogens is 273 g/mol. The van der Waals surface area contributed by atoms with Gasteiger partial charge < -0.3 is 20.5 Å². The van der Waals surface area contributed by atoms with Crippen LogP contribution in [0.5, 0.6) is 5.75 Å². The number of ether oxygens (including phenoxy) is 2. The summed E-state index contributed by atoms with van der Waals surface area (Å²) in [6.45, 7) is -1.88. The Morgan fingerprint density at radius 1 is 1.40 bits per heavy atom. The lowest BCUT2D eigenvalue weighted by atomic mass is 10.1. The third-order valence-electron chi connectivity index (χ3n) is 3.11. The Morgan fingerprint density at radius 3 is 2.85 bits per heavy atom. The summed E-state index contributed by atoms with van der Waals surface area (Å²) in [7, 11) is 0. The smallest absolute Gasteiger partial charge is 0.387 e. The van der Waals surface area contributed by atoms with E-state index in [1.165, 1.54) is 0 Å². The Balaban J connectivity index is 2.02. The summed E-state index contributed by atoms with van der Waals surface area (Å²) in [5, 5.41) is 2.98. The molecule has 1 saturated heterocycles. The third-order valence-corrected chi connectivity index (χ3v) is 3.11. The number of nitrogens with one attached hydrogen (secondary N) is 1. The molecule has 1 aromatic rings. The second-order valence-corrected chi connectivity index (χ2v) is 4.62. The molecule has 0 aliphatic carbocycles. The lowest BCUT2D eigenvalue weighted by Crippen LogP contribution is -2.27. The Hall–Kier alpha value is -1.63. The van der Waals surface area contributed by atoms with Gasteiger partial charge in [-0.1, -0.05) is 0 Å². The summed E-state index contributed by atoms with van der Waals surface area (Å²) in [6, 6.07) is 2.10. The van der Waals surface area contributed by atoms with Crippen molar-refractivity contribution in [3.8, 4) is 5.75 Å². The number of halogens is 3. The maximum absolute atomic E-state index is 13.4. The second-order valence-electron chi connectivity index (χ2n) is 4.62. The van der Waals surface area contributed by atoms with Crippen LogP contribution in [0.2, 0.25) is 0 Å². The second kappa shape index (κ2) is 6.69. The van der Waals surface area contributed by atoms with Gasteiger partial charge in [-0.25, -0.2) is 4.39 Å². The Labute approximate surface area is 115 Å². The molecule has 1 unspecified atom stereocenters. The van der Waals surface area contributed by atoms with Crippen molar-refractivity contribution in [3.63, 3.8) is 0 Å². The van der Waals surface area contributed by atoms with Crippen molar-refractivity contribution in [1.29, 1.82) is 0 Å². The number of rotatable bonds is 5. The SMILES string of the molecule is Nc1cc(F)c(OC(F)F)cc1NCC1CCCCO1. The van der Waals surface area contributed by atoms with E-state index >= 15 is 0 Å². The van der Waals surface area contributed by atoms with Gasteiger partial charge in [0.1, 0.15) is 0 Å². The number of hydrogen-bond acceptors (Lipinski definition) is 4. The predicted molar refractivity (Wildman–Crippen MR) is 69.5 cm³/mol. The fraction of sp³-hybridized carbons (Fsp3) is 0.538. The van der Waals surface area contributed by atoms with Crippen LogP contribution in [0.25, 0.3) is 0 Å². The maximum Gasteiger partial charge on any atom is 0.387 e. The summed E-state index contributed by atoms with van der Waals surface area (Å²) in [5.74, 6) is -1.44. The van der Waals surface area contributed by atoms with Crippen LogP contribution in [0.1, 0.15) is 19.3 Å². The van der Waals surface area contributed by atoms with Gasteiger partial charge in [-0.05, 0) is 19.3 Å². The molecule has 0 amide bonds. The normalized spacial score (nSPS) is 19.1. The highest BCUT2D eigenvalue weighted by atomic mass is 19.3. The monoisotopic (exact) mass is 290 g/mol. The van der Waals surface area contributed by atoms with Gasteiger partial charge in [-0.3, -0.25) is 0 Å². The zero-order valence-corrected chi connectivity index (χ0v) is 10.9. The molecule has 1 heterocycles. The van der Waals surface area contributed by atoms with E-state index in [9.17, 15) is 13.2 Å². The molecule has 0 aromatic heterocycles. The molecule has 1 aliphatic rings. The van der Waals surface area contributed by atoms with Gasteiger partial charge in [-0.2, -0.15) is 8.78 Å². The van der Waals surface area contributed by atoms with Crippen molar-refractivity contribution in [1.82, 2.24) is 0 Å². The lowest BCUT2D eigenvalue weighted by molar-refractivity contribution is -0.0521. The topological polar surface area (TPSA) is 56.5 Å². The van der Waals surface area contributed by atoms with Gasteiger partial charge in [0.25, 0.3) is 0 Å². The first-order chi connectivity index (χ1) is 9.56. The van der Waals surface area contributed by atoms with E-state index in [-0.39, 0.29) is 11.8 Å². The zero-order chi connectivity index (χ0) is 14.5. The first kappa shape index (κ1) is 14.8. The fourth-order valence-electron chi connectivity index (χ4n) is 2.10. The van der Waals surface area contributed by atoms with E-state index in [1.807, 2.05) is 0 Å². The van der Waals surface area contributed by atoms with Crippen molar-refractivity contribution in [3.05, 3.63) is 17.9 Å². The van der Waals surface area contributed by atoms with Gasteiger partial charge in [0.2, 0.25) is 0 Å². The number of nitrogens with two attached hydrogens (primary N) is 1. The molecule has 0 radical (unpaired) electrons. The zero-order valence-electron chi connectivity index (χ0n) is 10.9. The Kier molecular flexibility index (Phi) is 4.94. The first-order valence-corrected chi connectivity index (χ1v) is 6.45. The minimum atomic E-state index is -3.08. The summed E-state index contributed by atoms with van der Waals surface area (Å²) >= 11 is 0. The van der Waals surface area contributed by atoms with Gasteiger partial charge in [-0.15, -0.1) is 0 Å². The number of nitrogen functional groups attached to an aromatic ring is 1. The molecule has 3 N–H and O–H groups in total. The molecule has 112 valence electrons. The van der Waals surface area contributed by atoms with Gasteiger partial charge in [0, 0.05) is 25.3 Å². The predicted octanol–water partition coefficient (Wildman–Crippen LogP) is 2.99. The van der Waals surface area contributed by atoms with Crippen LogP contribution >= 0.6 is 0 Å². The van der Waals surface area contributed by atoms with Crippen molar-refractivity contribution >= 4 is 11.4 Å². The quantitative estimate of drug-likeness (QED) is 0.819. The molecule has 1 atom stereocenters. The summed E-state index contributed by atoms with van der Waals surface area (Å²) in [5.41, 5.74) is 6.15. The highest BCUT2D eigenvalue weighted by Crippen LogP contribution is 2.29. The molecule has 2 rings (SSSR count). The maximum atomic E-state index is 13.4. The Morgan fingerprint density at radius 2 is 2.20 bits per heavy atom. The largest absolute Gasteiger partial charge is 0.432 e. The van der Waals surface area contributed by atoms with Crippen LogP contribution in [0.15, 0.2) is 12.1 Å². The van der Waals surface area contributed by atoms with E-state index < -0.39 is 18.2 Å². The number of benzene rings is 1. The number of anilines is 2. The van der Waals surface area contributed by atoms with E-state index in [1.54, 1.807) is 0 Å². The highest BCUT2D eigenvalue weighted by Gasteiger charge is 2.16. The standard InChI is InChI=1S/C13H17F3N2O2/c14-9-5-10(17)11(6-12(9)20-13(15)16)18-7-8-3-1-2-4-19-8/h5-6,8,13,18H,1-4,7,17H2. The molecule has 1 aliphatic heterocycles. The molecular formula is C13H17F3N2O2. The fourth-order valence-corrected chi connectivity index (χ4v) is 2.10. The van der Waals surface area contributed by atoms with Crippen LogP contribution in [-0.2, 0) is 4.74 Å². The molecule has 1 aromatic carbocycles. The molecule has 0 saturated carbocycles. The average Bonchev–Trinajstić information content (AvgIpc) is 2.41. The van der Waals surface area contributed by atoms with E-state index in [4.69, 9.17) is 10.5 Å². The Bertz CT molecular complexity index is 451. The van der Waals surface area contributed by atoms with E-state index in [0.29, 0.717) is 18.8 Å². The number of hydrogen-bond donors (Lipinski definition) is 2. The number of alkyl halides is 2.